The molecule has 1 heterocycles. The van der Waals surface area contributed by atoms with E-state index in [4.69, 9.17) is 17.3 Å². The molecule has 2 nitrogen and oxygen atoms in total. The molecule has 0 spiro atoms. The van der Waals surface area contributed by atoms with Crippen LogP contribution in [0.15, 0.2) is 41.4 Å². The molecule has 0 aliphatic rings. The van der Waals surface area contributed by atoms with Crippen molar-refractivity contribution >= 4 is 23.4 Å². The number of aromatic nitrogens is 1. The molecule has 0 fully saturated rings. The van der Waals surface area contributed by atoms with E-state index in [9.17, 15) is 13.2 Å². The number of thioether (sulfide) groups is 1. The minimum Gasteiger partial charge on any atom is -0.326 e. The summed E-state index contributed by atoms with van der Waals surface area (Å²) < 4.78 is 38.1. The van der Waals surface area contributed by atoms with Gasteiger partial charge in [-0.3, -0.25) is 0 Å². The first-order valence-corrected chi connectivity index (χ1v) is 7.41. The van der Waals surface area contributed by atoms with E-state index in [1.165, 1.54) is 17.8 Å². The monoisotopic (exact) mass is 332 g/mol. The van der Waals surface area contributed by atoms with Gasteiger partial charge < -0.3 is 5.73 Å². The van der Waals surface area contributed by atoms with Crippen molar-refractivity contribution in [3.8, 4) is 0 Å². The molecule has 7 heteroatoms. The Morgan fingerprint density at radius 3 is 2.43 bits per heavy atom. The first-order chi connectivity index (χ1) is 9.91. The Morgan fingerprint density at radius 1 is 1.10 bits per heavy atom. The highest BCUT2D eigenvalue weighted by Crippen LogP contribution is 2.32. The Bertz CT molecular complexity index is 632. The maximum atomic E-state index is 12.7. The Hall–Kier alpha value is -1.24. The first-order valence-electron chi connectivity index (χ1n) is 6.05. The van der Waals surface area contributed by atoms with Gasteiger partial charge in [-0.1, -0.05) is 35.9 Å². The largest absolute Gasteiger partial charge is 0.433 e. The SMILES string of the molecule is NCc1ccc(C(F)(F)F)nc1SCc1ccccc1Cl. The number of pyridine rings is 1. The molecule has 1 aromatic carbocycles. The Kier molecular flexibility index (Phi) is 5.13. The summed E-state index contributed by atoms with van der Waals surface area (Å²) in [6, 6.07) is 9.49. The fourth-order valence-electron chi connectivity index (χ4n) is 1.67. The standard InChI is InChI=1S/C14H12ClF3N2S/c15-11-4-2-1-3-10(11)8-21-13-9(7-19)5-6-12(20-13)14(16,17)18/h1-6H,7-8,19H2. The number of halogens is 4. The molecule has 2 aromatic rings. The smallest absolute Gasteiger partial charge is 0.326 e. The second kappa shape index (κ2) is 6.68. The molecule has 112 valence electrons. The van der Waals surface area contributed by atoms with E-state index >= 15 is 0 Å². The molecule has 0 saturated heterocycles. The summed E-state index contributed by atoms with van der Waals surface area (Å²) in [5.41, 5.74) is 6.06. The summed E-state index contributed by atoms with van der Waals surface area (Å²) in [7, 11) is 0. The molecule has 0 radical (unpaired) electrons. The molecule has 0 unspecified atom stereocenters. The topological polar surface area (TPSA) is 38.9 Å². The van der Waals surface area contributed by atoms with Gasteiger partial charge in [0.2, 0.25) is 0 Å². The third kappa shape index (κ3) is 4.12. The normalized spacial score (nSPS) is 11.7. The summed E-state index contributed by atoms with van der Waals surface area (Å²) in [6.07, 6.45) is -4.47. The minimum atomic E-state index is -4.47. The van der Waals surface area contributed by atoms with Gasteiger partial charge in [-0.25, -0.2) is 4.98 Å². The number of benzene rings is 1. The number of nitrogens with two attached hydrogens (primary N) is 1. The number of nitrogens with zero attached hydrogens (tertiary/aromatic N) is 1. The van der Waals surface area contributed by atoms with Gasteiger partial charge in [-0.05, 0) is 23.3 Å². The van der Waals surface area contributed by atoms with E-state index in [1.54, 1.807) is 12.1 Å². The van der Waals surface area contributed by atoms with Crippen molar-refractivity contribution < 1.29 is 13.2 Å². The van der Waals surface area contributed by atoms with Crippen molar-refractivity contribution in [1.29, 1.82) is 0 Å². The van der Waals surface area contributed by atoms with Crippen LogP contribution >= 0.6 is 23.4 Å². The second-order valence-corrected chi connectivity index (χ2v) is 5.61. The van der Waals surface area contributed by atoms with Crippen molar-refractivity contribution in [2.24, 2.45) is 5.73 Å². The highest BCUT2D eigenvalue weighted by Gasteiger charge is 2.33. The van der Waals surface area contributed by atoms with E-state index in [0.29, 0.717) is 16.3 Å². The molecule has 0 aliphatic heterocycles. The van der Waals surface area contributed by atoms with Crippen LogP contribution in [0, 0.1) is 0 Å². The van der Waals surface area contributed by atoms with E-state index in [-0.39, 0.29) is 11.6 Å². The maximum Gasteiger partial charge on any atom is 0.433 e. The van der Waals surface area contributed by atoms with E-state index < -0.39 is 11.9 Å². The summed E-state index contributed by atoms with van der Waals surface area (Å²) >= 11 is 7.22. The summed E-state index contributed by atoms with van der Waals surface area (Å²) in [5.74, 6) is 0.432. The molecule has 2 N–H and O–H groups in total. The van der Waals surface area contributed by atoms with Crippen LogP contribution in [0.1, 0.15) is 16.8 Å². The van der Waals surface area contributed by atoms with Crippen molar-refractivity contribution in [3.63, 3.8) is 0 Å². The number of hydrogen-bond acceptors (Lipinski definition) is 3. The van der Waals surface area contributed by atoms with Crippen molar-refractivity contribution in [1.82, 2.24) is 4.98 Å². The zero-order valence-corrected chi connectivity index (χ0v) is 12.4. The molecule has 21 heavy (non-hydrogen) atoms. The van der Waals surface area contributed by atoms with Gasteiger partial charge in [0.05, 0.1) is 0 Å². The molecule has 0 saturated carbocycles. The van der Waals surface area contributed by atoms with Gasteiger partial charge in [0, 0.05) is 17.3 Å². The van der Waals surface area contributed by atoms with Crippen molar-refractivity contribution in [3.05, 3.63) is 58.2 Å². The van der Waals surface area contributed by atoms with Crippen molar-refractivity contribution in [2.45, 2.75) is 23.5 Å². The van der Waals surface area contributed by atoms with Gasteiger partial charge >= 0.3 is 6.18 Å². The van der Waals surface area contributed by atoms with Crippen LogP contribution in [-0.4, -0.2) is 4.98 Å². The summed E-state index contributed by atoms with van der Waals surface area (Å²) in [6.45, 7) is 0.135. The quantitative estimate of drug-likeness (QED) is 0.837. The predicted octanol–water partition coefficient (Wildman–Crippen LogP) is 4.50. The third-order valence-corrected chi connectivity index (χ3v) is 4.22. The van der Waals surface area contributed by atoms with E-state index in [1.807, 2.05) is 12.1 Å². The molecular formula is C14H12ClF3N2S. The van der Waals surface area contributed by atoms with E-state index in [2.05, 4.69) is 4.98 Å². The first kappa shape index (κ1) is 16.1. The average Bonchev–Trinajstić information content (AvgIpc) is 2.45. The zero-order valence-electron chi connectivity index (χ0n) is 10.8. The van der Waals surface area contributed by atoms with Crippen LogP contribution in [0.5, 0.6) is 0 Å². The highest BCUT2D eigenvalue weighted by atomic mass is 35.5. The lowest BCUT2D eigenvalue weighted by Crippen LogP contribution is -2.10. The Balaban J connectivity index is 2.24. The number of rotatable bonds is 4. The van der Waals surface area contributed by atoms with Crippen LogP contribution in [0.25, 0.3) is 0 Å². The molecular weight excluding hydrogens is 321 g/mol. The predicted molar refractivity (Wildman–Crippen MR) is 78.1 cm³/mol. The summed E-state index contributed by atoms with van der Waals surface area (Å²) in [5, 5.41) is 0.860. The van der Waals surface area contributed by atoms with Crippen LogP contribution in [-0.2, 0) is 18.5 Å². The number of hydrogen-bond donors (Lipinski definition) is 1. The zero-order chi connectivity index (χ0) is 15.5. The maximum absolute atomic E-state index is 12.7. The minimum absolute atomic E-state index is 0.135. The van der Waals surface area contributed by atoms with Crippen LogP contribution in [0.2, 0.25) is 5.02 Å². The summed E-state index contributed by atoms with van der Waals surface area (Å²) in [4.78, 5) is 3.67. The highest BCUT2D eigenvalue weighted by molar-refractivity contribution is 7.98. The third-order valence-electron chi connectivity index (χ3n) is 2.77. The lowest BCUT2D eigenvalue weighted by molar-refractivity contribution is -0.141. The molecule has 2 rings (SSSR count). The number of alkyl halides is 3. The molecule has 0 amide bonds. The fraction of sp³-hybridized carbons (Fsp3) is 0.214. The van der Waals surface area contributed by atoms with Gasteiger partial charge in [-0.2, -0.15) is 13.2 Å². The molecule has 0 bridgehead atoms. The lowest BCUT2D eigenvalue weighted by atomic mass is 10.2. The molecule has 0 atom stereocenters. The van der Waals surface area contributed by atoms with Gasteiger partial charge in [0.25, 0.3) is 0 Å². The van der Waals surface area contributed by atoms with Gasteiger partial charge in [-0.15, -0.1) is 11.8 Å². The van der Waals surface area contributed by atoms with Crippen molar-refractivity contribution in [2.75, 3.05) is 0 Å². The Labute approximate surface area is 129 Å². The molecule has 1 aromatic heterocycles. The Morgan fingerprint density at radius 2 is 1.81 bits per heavy atom. The van der Waals surface area contributed by atoms with E-state index in [0.717, 1.165) is 11.6 Å². The van der Waals surface area contributed by atoms with Gasteiger partial charge in [0.1, 0.15) is 10.7 Å². The second-order valence-electron chi connectivity index (χ2n) is 4.24. The molecule has 0 aliphatic carbocycles. The average molecular weight is 333 g/mol. The lowest BCUT2D eigenvalue weighted by Gasteiger charge is -2.11. The van der Waals surface area contributed by atoms with Gasteiger partial charge in [0.15, 0.2) is 0 Å². The van der Waals surface area contributed by atoms with Crippen LogP contribution < -0.4 is 5.73 Å². The fourth-order valence-corrected chi connectivity index (χ4v) is 2.99. The van der Waals surface area contributed by atoms with Crippen LogP contribution in [0.4, 0.5) is 13.2 Å². The van der Waals surface area contributed by atoms with Crippen LogP contribution in [0.3, 0.4) is 0 Å².